The van der Waals surface area contributed by atoms with Crippen molar-refractivity contribution in [3.05, 3.63) is 35.5 Å². The lowest BCUT2D eigenvalue weighted by Crippen LogP contribution is -2.32. The lowest BCUT2D eigenvalue weighted by Gasteiger charge is -2.36. The number of hydrogen-bond donors (Lipinski definition) is 0. The van der Waals surface area contributed by atoms with Crippen LogP contribution >= 0.6 is 0 Å². The Hall–Kier alpha value is -1.75. The van der Waals surface area contributed by atoms with Crippen molar-refractivity contribution in [1.29, 1.82) is 5.26 Å². The zero-order valence-electron chi connectivity index (χ0n) is 10.4. The molecule has 0 spiro atoms. The molecule has 0 N–H and O–H groups in total. The van der Waals surface area contributed by atoms with Crippen LogP contribution in [0.25, 0.3) is 10.9 Å². The molecule has 4 rings (SSSR count). The zero-order chi connectivity index (χ0) is 12.2. The Labute approximate surface area is 107 Å². The minimum absolute atomic E-state index is 0.176. The van der Waals surface area contributed by atoms with Gasteiger partial charge in [-0.3, -0.25) is 0 Å². The molecule has 0 saturated heterocycles. The van der Waals surface area contributed by atoms with Crippen molar-refractivity contribution in [3.8, 4) is 6.07 Å². The molecule has 0 atom stereocenters. The quantitative estimate of drug-likeness (QED) is 0.744. The molecule has 0 unspecified atom stereocenters. The second-order valence-corrected chi connectivity index (χ2v) is 5.73. The molecule has 0 amide bonds. The lowest BCUT2D eigenvalue weighted by molar-refractivity contribution is 0.324. The van der Waals surface area contributed by atoms with Gasteiger partial charge in [0.25, 0.3) is 0 Å². The molecule has 2 aromatic rings. The van der Waals surface area contributed by atoms with E-state index in [4.69, 9.17) is 0 Å². The third kappa shape index (κ3) is 1.17. The molecule has 1 fully saturated rings. The second-order valence-electron chi connectivity index (χ2n) is 5.73. The van der Waals surface area contributed by atoms with Crippen LogP contribution in [0.3, 0.4) is 0 Å². The van der Waals surface area contributed by atoms with Gasteiger partial charge in [-0.05, 0) is 55.4 Å². The van der Waals surface area contributed by atoms with Gasteiger partial charge in [0.15, 0.2) is 0 Å². The number of aromatic nitrogens is 1. The minimum atomic E-state index is -0.176. The highest BCUT2D eigenvalue weighted by Gasteiger charge is 2.39. The fraction of sp³-hybridized carbons (Fsp3) is 0.438. The summed E-state index contributed by atoms with van der Waals surface area (Å²) in [6.45, 7) is 1.14. The van der Waals surface area contributed by atoms with E-state index in [-0.39, 0.29) is 5.41 Å². The number of benzene rings is 1. The van der Waals surface area contributed by atoms with Gasteiger partial charge in [-0.25, -0.2) is 0 Å². The number of rotatable bonds is 1. The van der Waals surface area contributed by atoms with Crippen molar-refractivity contribution >= 4 is 10.9 Å². The molecule has 2 aliphatic rings. The molecule has 0 radical (unpaired) electrons. The molecule has 1 aromatic heterocycles. The van der Waals surface area contributed by atoms with E-state index in [1.54, 1.807) is 0 Å². The Bertz CT molecular complexity index is 668. The van der Waals surface area contributed by atoms with Crippen LogP contribution < -0.4 is 0 Å². The van der Waals surface area contributed by atoms with Gasteiger partial charge in [-0.1, -0.05) is 6.07 Å². The third-order valence-electron chi connectivity index (χ3n) is 4.76. The fourth-order valence-electron chi connectivity index (χ4n) is 3.53. The highest BCUT2D eigenvalue weighted by molar-refractivity contribution is 5.85. The highest BCUT2D eigenvalue weighted by Crippen LogP contribution is 2.44. The Morgan fingerprint density at radius 1 is 1.22 bits per heavy atom. The van der Waals surface area contributed by atoms with Crippen LogP contribution in [0.2, 0.25) is 0 Å². The SMILES string of the molecule is N#CC1(c2cc3c4c(ccn4CCC3)c2)CCC1. The molecular weight excluding hydrogens is 220 g/mol. The van der Waals surface area contributed by atoms with E-state index < -0.39 is 0 Å². The first-order valence-corrected chi connectivity index (χ1v) is 6.86. The Kier molecular flexibility index (Phi) is 1.92. The van der Waals surface area contributed by atoms with Crippen molar-refractivity contribution in [2.24, 2.45) is 0 Å². The van der Waals surface area contributed by atoms with Crippen LogP contribution in [0.1, 0.15) is 36.8 Å². The van der Waals surface area contributed by atoms with Crippen molar-refractivity contribution < 1.29 is 0 Å². The van der Waals surface area contributed by atoms with E-state index in [1.165, 1.54) is 34.9 Å². The lowest BCUT2D eigenvalue weighted by atomic mass is 9.65. The molecule has 1 aliphatic heterocycles. The summed E-state index contributed by atoms with van der Waals surface area (Å²) in [6.07, 6.45) is 7.85. The summed E-state index contributed by atoms with van der Waals surface area (Å²) >= 11 is 0. The van der Waals surface area contributed by atoms with E-state index >= 15 is 0 Å². The first-order valence-electron chi connectivity index (χ1n) is 6.86. The van der Waals surface area contributed by atoms with Crippen LogP contribution in [0.15, 0.2) is 24.4 Å². The average Bonchev–Trinajstić information content (AvgIpc) is 2.74. The summed E-state index contributed by atoms with van der Waals surface area (Å²) in [5, 5.41) is 10.8. The van der Waals surface area contributed by atoms with Crippen molar-refractivity contribution in [2.75, 3.05) is 0 Å². The first kappa shape index (κ1) is 10.2. The van der Waals surface area contributed by atoms with E-state index in [0.717, 1.165) is 25.8 Å². The summed E-state index contributed by atoms with van der Waals surface area (Å²) in [5.41, 5.74) is 3.93. The van der Waals surface area contributed by atoms with Gasteiger partial charge in [-0.15, -0.1) is 0 Å². The second kappa shape index (κ2) is 3.38. The fourth-order valence-corrected chi connectivity index (χ4v) is 3.53. The highest BCUT2D eigenvalue weighted by atomic mass is 15.0. The molecule has 90 valence electrons. The summed E-state index contributed by atoms with van der Waals surface area (Å²) in [4.78, 5) is 0. The van der Waals surface area contributed by atoms with Gasteiger partial charge in [0.2, 0.25) is 0 Å². The first-order chi connectivity index (χ1) is 8.82. The zero-order valence-corrected chi connectivity index (χ0v) is 10.4. The largest absolute Gasteiger partial charge is 0.347 e. The Morgan fingerprint density at radius 3 is 2.83 bits per heavy atom. The number of hydrogen-bond acceptors (Lipinski definition) is 1. The molecule has 1 aromatic carbocycles. The average molecular weight is 236 g/mol. The Balaban J connectivity index is 1.97. The smallest absolute Gasteiger partial charge is 0.0822 e. The van der Waals surface area contributed by atoms with Crippen molar-refractivity contribution in [1.82, 2.24) is 4.57 Å². The van der Waals surface area contributed by atoms with Gasteiger partial charge in [0, 0.05) is 18.1 Å². The van der Waals surface area contributed by atoms with Gasteiger partial charge in [0.05, 0.1) is 17.0 Å². The van der Waals surface area contributed by atoms with Crippen LogP contribution in [-0.4, -0.2) is 4.57 Å². The predicted molar refractivity (Wildman–Crippen MR) is 71.4 cm³/mol. The third-order valence-corrected chi connectivity index (χ3v) is 4.76. The van der Waals surface area contributed by atoms with Crippen LogP contribution in [-0.2, 0) is 18.4 Å². The molecule has 1 saturated carbocycles. The van der Waals surface area contributed by atoms with Crippen molar-refractivity contribution in [2.45, 2.75) is 44.1 Å². The predicted octanol–water partition coefficient (Wildman–Crippen LogP) is 3.53. The monoisotopic (exact) mass is 236 g/mol. The number of aryl methyl sites for hydroxylation is 2. The summed E-state index contributed by atoms with van der Waals surface area (Å²) in [7, 11) is 0. The number of nitriles is 1. The molecule has 1 aliphatic carbocycles. The number of nitrogens with zero attached hydrogens (tertiary/aromatic N) is 2. The van der Waals surface area contributed by atoms with Crippen LogP contribution in [0, 0.1) is 11.3 Å². The summed E-state index contributed by atoms with van der Waals surface area (Å²) in [6, 6.07) is 9.33. The van der Waals surface area contributed by atoms with Gasteiger partial charge in [0.1, 0.15) is 0 Å². The Morgan fingerprint density at radius 2 is 2.11 bits per heavy atom. The van der Waals surface area contributed by atoms with E-state index in [1.807, 2.05) is 0 Å². The van der Waals surface area contributed by atoms with Gasteiger partial charge in [-0.2, -0.15) is 5.26 Å². The maximum atomic E-state index is 9.49. The molecule has 2 heterocycles. The van der Waals surface area contributed by atoms with Crippen molar-refractivity contribution in [3.63, 3.8) is 0 Å². The topological polar surface area (TPSA) is 28.7 Å². The van der Waals surface area contributed by atoms with E-state index in [0.29, 0.717) is 0 Å². The van der Waals surface area contributed by atoms with Gasteiger partial charge >= 0.3 is 0 Å². The van der Waals surface area contributed by atoms with Crippen LogP contribution in [0.5, 0.6) is 0 Å². The molecular formula is C16H16N2. The molecule has 18 heavy (non-hydrogen) atoms. The maximum Gasteiger partial charge on any atom is 0.0822 e. The molecule has 2 nitrogen and oxygen atoms in total. The van der Waals surface area contributed by atoms with E-state index in [2.05, 4.69) is 35.0 Å². The van der Waals surface area contributed by atoms with E-state index in [9.17, 15) is 5.26 Å². The normalized spacial score (nSPS) is 20.4. The van der Waals surface area contributed by atoms with Crippen LogP contribution in [0.4, 0.5) is 0 Å². The summed E-state index contributed by atoms with van der Waals surface area (Å²) < 4.78 is 2.36. The standard InChI is InChI=1S/C16H16N2/c17-11-16(5-2-6-16)14-9-12-3-1-7-18-8-4-13(10-14)15(12)18/h4,8-10H,1-3,5-7H2. The summed E-state index contributed by atoms with van der Waals surface area (Å²) in [5.74, 6) is 0. The molecule has 2 heteroatoms. The molecule has 0 bridgehead atoms. The minimum Gasteiger partial charge on any atom is -0.347 e. The van der Waals surface area contributed by atoms with Gasteiger partial charge < -0.3 is 4.57 Å². The maximum absolute atomic E-state index is 9.49.